The molecule has 11 heteroatoms. The van der Waals surface area contributed by atoms with E-state index in [1.54, 1.807) is 7.05 Å². The normalized spacial score (nSPS) is 12.6. The van der Waals surface area contributed by atoms with E-state index < -0.39 is 33.5 Å². The Morgan fingerprint density at radius 1 is 1.17 bits per heavy atom. The van der Waals surface area contributed by atoms with Gasteiger partial charge in [0.05, 0.1) is 33.7 Å². The molecule has 3 aromatic rings. The highest BCUT2D eigenvalue weighted by Crippen LogP contribution is 2.36. The van der Waals surface area contributed by atoms with Crippen molar-refractivity contribution in [3.8, 4) is 0 Å². The van der Waals surface area contributed by atoms with Crippen LogP contribution >= 0.6 is 23.2 Å². The summed E-state index contributed by atoms with van der Waals surface area (Å²) < 4.78 is 55.9. The minimum Gasteiger partial charge on any atom is -0.331 e. The number of anilines is 1. The molecular weight excluding hydrogens is 450 g/mol. The fraction of sp³-hybridized carbons (Fsp3) is 0.111. The first-order valence-corrected chi connectivity index (χ1v) is 9.84. The van der Waals surface area contributed by atoms with Crippen LogP contribution in [-0.4, -0.2) is 19.5 Å². The lowest BCUT2D eigenvalue weighted by atomic mass is 10.1. The molecule has 1 N–H and O–H groups in total. The fourth-order valence-corrected chi connectivity index (χ4v) is 3.81. The quantitative estimate of drug-likeness (QED) is 0.536. The smallest absolute Gasteiger partial charge is 0.331 e. The van der Waals surface area contributed by atoms with Crippen LogP contribution in [0.2, 0.25) is 10.0 Å². The molecule has 1 heterocycles. The molecule has 0 bridgehead atoms. The van der Waals surface area contributed by atoms with Gasteiger partial charge in [-0.1, -0.05) is 23.2 Å². The summed E-state index contributed by atoms with van der Waals surface area (Å²) >= 11 is 11.6. The van der Waals surface area contributed by atoms with E-state index in [0.29, 0.717) is 6.07 Å². The summed E-state index contributed by atoms with van der Waals surface area (Å²) in [5.74, 6) is -0.423. The predicted octanol–water partition coefficient (Wildman–Crippen LogP) is 5.11. The van der Waals surface area contributed by atoms with Gasteiger partial charge in [0, 0.05) is 17.6 Å². The van der Waals surface area contributed by atoms with Gasteiger partial charge < -0.3 is 9.29 Å². The van der Waals surface area contributed by atoms with Crippen LogP contribution in [0.5, 0.6) is 0 Å². The Balaban J connectivity index is 1.97. The van der Waals surface area contributed by atoms with Gasteiger partial charge in [-0.3, -0.25) is 4.79 Å². The number of nitrogens with one attached hydrogen (secondary N) is 1. The average Bonchev–Trinajstić information content (AvgIpc) is 3.06. The molecule has 0 saturated heterocycles. The van der Waals surface area contributed by atoms with Gasteiger partial charge in [0.25, 0.3) is 0 Å². The van der Waals surface area contributed by atoms with Gasteiger partial charge in [-0.15, -0.1) is 0 Å². The van der Waals surface area contributed by atoms with Crippen molar-refractivity contribution in [3.05, 3.63) is 75.8 Å². The first kappa shape index (κ1) is 21.4. The van der Waals surface area contributed by atoms with Crippen molar-refractivity contribution >= 4 is 45.7 Å². The number of aromatic nitrogens is 2. The summed E-state index contributed by atoms with van der Waals surface area (Å²) in [5.41, 5.74) is -0.599. The van der Waals surface area contributed by atoms with Crippen molar-refractivity contribution in [2.24, 2.45) is 7.05 Å². The third-order valence-electron chi connectivity index (χ3n) is 3.94. The lowest BCUT2D eigenvalue weighted by Gasteiger charge is -2.14. The lowest BCUT2D eigenvalue weighted by Crippen LogP contribution is -2.13. The molecule has 1 unspecified atom stereocenters. The van der Waals surface area contributed by atoms with E-state index in [1.807, 2.05) is 0 Å². The molecular formula is C18H12Cl2F3N3O2S. The highest BCUT2D eigenvalue weighted by atomic mass is 35.5. The van der Waals surface area contributed by atoms with Crippen LogP contribution in [0.15, 0.2) is 53.8 Å². The zero-order chi connectivity index (χ0) is 21.3. The van der Waals surface area contributed by atoms with Crippen molar-refractivity contribution in [2.45, 2.75) is 11.1 Å². The van der Waals surface area contributed by atoms with E-state index in [1.165, 1.54) is 41.4 Å². The van der Waals surface area contributed by atoms with E-state index in [-0.39, 0.29) is 26.9 Å². The van der Waals surface area contributed by atoms with Gasteiger partial charge in [-0.05, 0) is 36.4 Å². The summed E-state index contributed by atoms with van der Waals surface area (Å²) in [7, 11) is -0.484. The van der Waals surface area contributed by atoms with Crippen LogP contribution in [0.4, 0.5) is 18.9 Å². The van der Waals surface area contributed by atoms with Crippen LogP contribution in [0, 0.1) is 0 Å². The molecule has 152 valence electrons. The molecule has 0 aliphatic carbocycles. The number of hydrogen-bond donors (Lipinski definition) is 1. The van der Waals surface area contributed by atoms with Gasteiger partial charge in [-0.25, -0.2) is 9.19 Å². The number of benzene rings is 2. The number of ketones is 1. The van der Waals surface area contributed by atoms with E-state index in [2.05, 4.69) is 9.71 Å². The molecule has 0 aliphatic rings. The van der Waals surface area contributed by atoms with Gasteiger partial charge in [0.1, 0.15) is 16.7 Å². The van der Waals surface area contributed by atoms with E-state index in [4.69, 9.17) is 23.2 Å². The average molecular weight is 462 g/mol. The maximum atomic E-state index is 13.1. The fourth-order valence-electron chi connectivity index (χ4n) is 2.51. The third kappa shape index (κ3) is 4.63. The molecule has 0 aliphatic heterocycles. The SMILES string of the molecule is Cn1cncc1C(=O)c1ccc(Cl)cc1NS(=O)c1ccc(Cl)c(C(F)(F)F)c1. The van der Waals surface area contributed by atoms with Crippen LogP contribution in [0.1, 0.15) is 21.6 Å². The summed E-state index contributed by atoms with van der Waals surface area (Å²) in [6, 6.07) is 7.18. The molecule has 0 amide bonds. The highest BCUT2D eigenvalue weighted by Gasteiger charge is 2.34. The molecule has 5 nitrogen and oxygen atoms in total. The van der Waals surface area contributed by atoms with Crippen molar-refractivity contribution in [1.82, 2.24) is 9.55 Å². The lowest BCUT2D eigenvalue weighted by molar-refractivity contribution is -0.137. The Hall–Kier alpha value is -2.36. The molecule has 2 aromatic carbocycles. The largest absolute Gasteiger partial charge is 0.417 e. The number of nitrogens with zero attached hydrogens (tertiary/aromatic N) is 2. The predicted molar refractivity (Wildman–Crippen MR) is 105 cm³/mol. The second-order valence-corrected chi connectivity index (χ2v) is 7.98. The van der Waals surface area contributed by atoms with Gasteiger partial charge in [-0.2, -0.15) is 13.2 Å². The molecule has 0 radical (unpaired) electrons. The number of carbonyl (C=O) groups is 1. The van der Waals surface area contributed by atoms with Crippen molar-refractivity contribution in [3.63, 3.8) is 0 Å². The van der Waals surface area contributed by atoms with Gasteiger partial charge in [0.2, 0.25) is 5.78 Å². The van der Waals surface area contributed by atoms with Gasteiger partial charge >= 0.3 is 6.18 Å². The minimum absolute atomic E-state index is 0.102. The first-order chi connectivity index (χ1) is 13.6. The number of hydrogen-bond acceptors (Lipinski definition) is 3. The van der Waals surface area contributed by atoms with Gasteiger partial charge in [0.15, 0.2) is 0 Å². The highest BCUT2D eigenvalue weighted by molar-refractivity contribution is 7.86. The van der Waals surface area contributed by atoms with Crippen LogP contribution in [0.3, 0.4) is 0 Å². The summed E-state index contributed by atoms with van der Waals surface area (Å²) in [6.07, 6.45) is -1.89. The maximum absolute atomic E-state index is 13.1. The second-order valence-electron chi connectivity index (χ2n) is 5.92. The standard InChI is InChI=1S/C18H12Cl2F3N3O2S/c1-26-9-24-8-16(26)17(27)12-4-2-10(19)6-15(12)25-29(28)11-3-5-14(20)13(7-11)18(21,22)23/h2-9,25H,1H3. The van der Waals surface area contributed by atoms with Crippen LogP contribution in [0.25, 0.3) is 0 Å². The Bertz CT molecular complexity index is 1120. The Morgan fingerprint density at radius 3 is 2.52 bits per heavy atom. The molecule has 0 saturated carbocycles. The van der Waals surface area contributed by atoms with Crippen molar-refractivity contribution < 1.29 is 22.2 Å². The Kier molecular flexibility index (Phi) is 6.02. The number of halogens is 5. The zero-order valence-corrected chi connectivity index (χ0v) is 17.0. The second kappa shape index (κ2) is 8.17. The Labute approximate surface area is 176 Å². The number of rotatable bonds is 5. The number of imidazole rings is 1. The molecule has 29 heavy (non-hydrogen) atoms. The number of carbonyl (C=O) groups excluding carboxylic acids is 1. The topological polar surface area (TPSA) is 64.0 Å². The molecule has 0 spiro atoms. The Morgan fingerprint density at radius 2 is 1.90 bits per heavy atom. The summed E-state index contributed by atoms with van der Waals surface area (Å²) in [6.45, 7) is 0. The maximum Gasteiger partial charge on any atom is 0.417 e. The van der Waals surface area contributed by atoms with Crippen LogP contribution in [-0.2, 0) is 24.2 Å². The van der Waals surface area contributed by atoms with E-state index >= 15 is 0 Å². The van der Waals surface area contributed by atoms with Crippen LogP contribution < -0.4 is 4.72 Å². The van der Waals surface area contributed by atoms with Crippen molar-refractivity contribution in [1.29, 1.82) is 0 Å². The monoisotopic (exact) mass is 461 g/mol. The first-order valence-electron chi connectivity index (χ1n) is 7.93. The van der Waals surface area contributed by atoms with E-state index in [9.17, 15) is 22.2 Å². The van der Waals surface area contributed by atoms with Crippen molar-refractivity contribution in [2.75, 3.05) is 4.72 Å². The summed E-state index contributed by atoms with van der Waals surface area (Å²) in [4.78, 5) is 16.5. The zero-order valence-electron chi connectivity index (χ0n) is 14.6. The molecule has 0 fully saturated rings. The molecule has 1 aromatic heterocycles. The minimum atomic E-state index is -4.70. The number of alkyl halides is 3. The number of aryl methyl sites for hydroxylation is 1. The van der Waals surface area contributed by atoms with E-state index in [0.717, 1.165) is 6.07 Å². The summed E-state index contributed by atoms with van der Waals surface area (Å²) in [5, 5.41) is -0.258. The molecule has 3 rings (SSSR count). The molecule has 1 atom stereocenters. The third-order valence-corrected chi connectivity index (χ3v) is 5.59.